The number of halogens is 1. The summed E-state index contributed by atoms with van der Waals surface area (Å²) in [7, 11) is 0. The summed E-state index contributed by atoms with van der Waals surface area (Å²) in [5.41, 5.74) is 3.61. The van der Waals surface area contributed by atoms with Crippen LogP contribution in [0.4, 0.5) is 11.5 Å². The highest BCUT2D eigenvalue weighted by Crippen LogP contribution is 2.26. The lowest BCUT2D eigenvalue weighted by Gasteiger charge is -2.22. The molecule has 1 saturated heterocycles. The van der Waals surface area contributed by atoms with Crippen LogP contribution in [0.15, 0.2) is 30.5 Å². The van der Waals surface area contributed by atoms with Crippen LogP contribution in [0.2, 0.25) is 5.02 Å². The van der Waals surface area contributed by atoms with Gasteiger partial charge >= 0.3 is 0 Å². The SMILES string of the molecule is Cc1cc(Cl)ccc1Nc1cc(C(C)C)c(C(=O)NCC2CCOCC2)cn1. The van der Waals surface area contributed by atoms with E-state index in [1.54, 1.807) is 6.20 Å². The number of carbonyl (C=O) groups excluding carboxylic acids is 1. The van der Waals surface area contributed by atoms with Crippen LogP contribution in [0.5, 0.6) is 0 Å². The minimum atomic E-state index is -0.0584. The third-order valence-electron chi connectivity index (χ3n) is 5.15. The monoisotopic (exact) mass is 401 g/mol. The van der Waals surface area contributed by atoms with Crippen LogP contribution >= 0.6 is 11.6 Å². The number of aromatic nitrogens is 1. The van der Waals surface area contributed by atoms with E-state index in [-0.39, 0.29) is 11.8 Å². The van der Waals surface area contributed by atoms with Gasteiger partial charge in [0.1, 0.15) is 5.82 Å². The Morgan fingerprint density at radius 2 is 2.04 bits per heavy atom. The van der Waals surface area contributed by atoms with E-state index in [0.717, 1.165) is 48.7 Å². The lowest BCUT2D eigenvalue weighted by molar-refractivity contribution is 0.0642. The molecule has 6 heteroatoms. The van der Waals surface area contributed by atoms with E-state index in [1.165, 1.54) is 0 Å². The fraction of sp³-hybridized carbons (Fsp3) is 0.455. The summed E-state index contributed by atoms with van der Waals surface area (Å²) in [6.07, 6.45) is 3.67. The summed E-state index contributed by atoms with van der Waals surface area (Å²) in [4.78, 5) is 17.2. The normalized spacial score (nSPS) is 14.9. The summed E-state index contributed by atoms with van der Waals surface area (Å²) in [6, 6.07) is 7.65. The zero-order valence-electron chi connectivity index (χ0n) is 16.7. The molecule has 2 heterocycles. The van der Waals surface area contributed by atoms with E-state index in [2.05, 4.69) is 29.5 Å². The maximum atomic E-state index is 12.8. The first kappa shape index (κ1) is 20.6. The van der Waals surface area contributed by atoms with E-state index in [0.29, 0.717) is 23.0 Å². The van der Waals surface area contributed by atoms with Gasteiger partial charge in [-0.05, 0) is 67.0 Å². The number of rotatable bonds is 6. The zero-order valence-corrected chi connectivity index (χ0v) is 17.5. The summed E-state index contributed by atoms with van der Waals surface area (Å²) in [5.74, 6) is 1.35. The first-order chi connectivity index (χ1) is 13.4. The van der Waals surface area contributed by atoms with Crippen molar-refractivity contribution >= 4 is 29.0 Å². The van der Waals surface area contributed by atoms with Gasteiger partial charge in [0.2, 0.25) is 0 Å². The molecule has 1 aliphatic heterocycles. The Hall–Kier alpha value is -2.11. The van der Waals surface area contributed by atoms with Crippen LogP contribution in [0.25, 0.3) is 0 Å². The quantitative estimate of drug-likeness (QED) is 0.709. The number of nitrogens with zero attached hydrogens (tertiary/aromatic N) is 1. The zero-order chi connectivity index (χ0) is 20.1. The van der Waals surface area contributed by atoms with Crippen LogP contribution < -0.4 is 10.6 Å². The Bertz CT molecular complexity index is 833. The van der Waals surface area contributed by atoms with Gasteiger partial charge in [0.05, 0.1) is 5.56 Å². The summed E-state index contributed by atoms with van der Waals surface area (Å²) in [6.45, 7) is 8.41. The van der Waals surface area contributed by atoms with Crippen LogP contribution in [0.3, 0.4) is 0 Å². The molecule has 3 rings (SSSR count). The van der Waals surface area contributed by atoms with Crippen molar-refractivity contribution in [3.05, 3.63) is 52.2 Å². The molecule has 0 unspecified atom stereocenters. The molecule has 0 bridgehead atoms. The van der Waals surface area contributed by atoms with Crippen molar-refractivity contribution in [3.63, 3.8) is 0 Å². The Labute approximate surface area is 171 Å². The van der Waals surface area contributed by atoms with Crippen molar-refractivity contribution in [1.82, 2.24) is 10.3 Å². The van der Waals surface area contributed by atoms with Gasteiger partial charge < -0.3 is 15.4 Å². The molecular weight excluding hydrogens is 374 g/mol. The van der Waals surface area contributed by atoms with Gasteiger partial charge in [-0.25, -0.2) is 4.98 Å². The second-order valence-corrected chi connectivity index (χ2v) is 8.10. The minimum Gasteiger partial charge on any atom is -0.381 e. The molecule has 1 aliphatic rings. The van der Waals surface area contributed by atoms with Crippen molar-refractivity contribution in [1.29, 1.82) is 0 Å². The highest BCUT2D eigenvalue weighted by atomic mass is 35.5. The van der Waals surface area contributed by atoms with E-state index in [1.807, 2.05) is 31.2 Å². The lowest BCUT2D eigenvalue weighted by atomic mass is 9.97. The van der Waals surface area contributed by atoms with Crippen molar-refractivity contribution in [2.75, 3.05) is 25.1 Å². The highest BCUT2D eigenvalue weighted by Gasteiger charge is 2.19. The van der Waals surface area contributed by atoms with Crippen LogP contribution in [-0.2, 0) is 4.74 Å². The Balaban J connectivity index is 1.73. The molecule has 0 radical (unpaired) electrons. The number of carbonyl (C=O) groups is 1. The number of anilines is 2. The second kappa shape index (κ2) is 9.39. The third kappa shape index (κ3) is 5.24. The molecular formula is C22H28ClN3O2. The number of aryl methyl sites for hydroxylation is 1. The number of nitrogens with one attached hydrogen (secondary N) is 2. The number of pyridine rings is 1. The highest BCUT2D eigenvalue weighted by molar-refractivity contribution is 6.30. The molecule has 0 saturated carbocycles. The number of hydrogen-bond acceptors (Lipinski definition) is 4. The fourth-order valence-electron chi connectivity index (χ4n) is 3.39. The van der Waals surface area contributed by atoms with E-state index >= 15 is 0 Å². The molecule has 5 nitrogen and oxygen atoms in total. The lowest BCUT2D eigenvalue weighted by Crippen LogP contribution is -2.32. The standard InChI is InChI=1S/C22H28ClN3O2/c1-14(2)18-11-21(26-20-5-4-17(23)10-15(20)3)24-13-19(18)22(27)25-12-16-6-8-28-9-7-16/h4-5,10-11,13-14,16H,6-9,12H2,1-3H3,(H,24,26)(H,25,27). The molecule has 0 aliphatic carbocycles. The first-order valence-electron chi connectivity index (χ1n) is 9.83. The van der Waals surface area contributed by atoms with Gasteiger partial charge in [0.25, 0.3) is 5.91 Å². The van der Waals surface area contributed by atoms with E-state index in [4.69, 9.17) is 16.3 Å². The van der Waals surface area contributed by atoms with E-state index < -0.39 is 0 Å². The Kier molecular flexibility index (Phi) is 6.92. The summed E-state index contributed by atoms with van der Waals surface area (Å²) in [5, 5.41) is 7.11. The predicted octanol–water partition coefficient (Wildman–Crippen LogP) is 5.07. The largest absolute Gasteiger partial charge is 0.381 e. The average molecular weight is 402 g/mol. The molecule has 1 aromatic heterocycles. The molecule has 0 atom stereocenters. The maximum Gasteiger partial charge on any atom is 0.253 e. The molecule has 150 valence electrons. The first-order valence-corrected chi connectivity index (χ1v) is 10.2. The number of benzene rings is 1. The summed E-state index contributed by atoms with van der Waals surface area (Å²) >= 11 is 6.03. The van der Waals surface area contributed by atoms with Crippen molar-refractivity contribution in [2.45, 2.75) is 39.5 Å². The molecule has 1 fully saturated rings. The van der Waals surface area contributed by atoms with Crippen molar-refractivity contribution in [2.24, 2.45) is 5.92 Å². The van der Waals surface area contributed by atoms with Gasteiger partial charge in [0, 0.05) is 36.7 Å². The van der Waals surface area contributed by atoms with Crippen LogP contribution in [0.1, 0.15) is 54.1 Å². The van der Waals surface area contributed by atoms with Crippen LogP contribution in [0, 0.1) is 12.8 Å². The van der Waals surface area contributed by atoms with Gasteiger partial charge in [-0.2, -0.15) is 0 Å². The van der Waals surface area contributed by atoms with Gasteiger partial charge in [-0.1, -0.05) is 25.4 Å². The van der Waals surface area contributed by atoms with E-state index in [9.17, 15) is 4.79 Å². The average Bonchev–Trinajstić information content (AvgIpc) is 2.69. The van der Waals surface area contributed by atoms with Crippen molar-refractivity contribution < 1.29 is 9.53 Å². The molecule has 2 N–H and O–H groups in total. The predicted molar refractivity (Wildman–Crippen MR) is 114 cm³/mol. The third-order valence-corrected chi connectivity index (χ3v) is 5.38. The Morgan fingerprint density at radius 1 is 1.29 bits per heavy atom. The van der Waals surface area contributed by atoms with Crippen molar-refractivity contribution in [3.8, 4) is 0 Å². The number of hydrogen-bond donors (Lipinski definition) is 2. The molecule has 1 aromatic carbocycles. The van der Waals surface area contributed by atoms with Gasteiger partial charge in [-0.15, -0.1) is 0 Å². The molecule has 1 amide bonds. The number of ether oxygens (including phenoxy) is 1. The summed E-state index contributed by atoms with van der Waals surface area (Å²) < 4.78 is 5.38. The topological polar surface area (TPSA) is 63.2 Å². The van der Waals surface area contributed by atoms with Gasteiger partial charge in [0.15, 0.2) is 0 Å². The van der Waals surface area contributed by atoms with Crippen LogP contribution in [-0.4, -0.2) is 30.6 Å². The second-order valence-electron chi connectivity index (χ2n) is 7.66. The minimum absolute atomic E-state index is 0.0584. The van der Waals surface area contributed by atoms with Gasteiger partial charge in [-0.3, -0.25) is 4.79 Å². The number of amides is 1. The fourth-order valence-corrected chi connectivity index (χ4v) is 3.62. The smallest absolute Gasteiger partial charge is 0.253 e. The molecule has 2 aromatic rings. The Morgan fingerprint density at radius 3 is 2.71 bits per heavy atom. The molecule has 28 heavy (non-hydrogen) atoms. The molecule has 0 spiro atoms. The maximum absolute atomic E-state index is 12.8.